The highest BCUT2D eigenvalue weighted by molar-refractivity contribution is 7.99. The fourth-order valence-corrected chi connectivity index (χ4v) is 4.32. The van der Waals surface area contributed by atoms with Crippen LogP contribution in [0.25, 0.3) is 10.9 Å². The number of hydrogen-bond acceptors (Lipinski definition) is 6. The summed E-state index contributed by atoms with van der Waals surface area (Å²) in [6.07, 6.45) is 5.40. The molecule has 2 fully saturated rings. The van der Waals surface area contributed by atoms with Crippen LogP contribution in [-0.4, -0.2) is 47.6 Å². The van der Waals surface area contributed by atoms with E-state index in [1.54, 1.807) is 0 Å². The fourth-order valence-electron chi connectivity index (χ4n) is 3.27. The van der Waals surface area contributed by atoms with Crippen LogP contribution < -0.4 is 10.6 Å². The van der Waals surface area contributed by atoms with Crippen molar-refractivity contribution in [1.82, 2.24) is 15.3 Å². The Bertz CT molecular complexity index is 684. The molecule has 1 aromatic carbocycles. The minimum absolute atomic E-state index is 0.521. The molecule has 1 aromatic heterocycles. The van der Waals surface area contributed by atoms with E-state index in [4.69, 9.17) is 9.72 Å². The number of thioether (sulfide) groups is 1. The Labute approximate surface area is 147 Å². The number of aromatic nitrogens is 2. The third kappa shape index (κ3) is 3.99. The summed E-state index contributed by atoms with van der Waals surface area (Å²) >= 11 is 1.96. The fraction of sp³-hybridized carbons (Fsp3) is 0.556. The molecular weight excluding hydrogens is 320 g/mol. The lowest BCUT2D eigenvalue weighted by Gasteiger charge is -2.21. The maximum atomic E-state index is 5.42. The minimum Gasteiger partial charge on any atom is -0.381 e. The van der Waals surface area contributed by atoms with Gasteiger partial charge in [0.2, 0.25) is 0 Å². The summed E-state index contributed by atoms with van der Waals surface area (Å²) in [7, 11) is 0. The van der Waals surface area contributed by atoms with Gasteiger partial charge in [0.05, 0.1) is 11.3 Å². The maximum Gasteiger partial charge on any atom is 0.138 e. The highest BCUT2D eigenvalue weighted by Crippen LogP contribution is 2.25. The van der Waals surface area contributed by atoms with Crippen LogP contribution in [0.1, 0.15) is 25.1 Å². The zero-order valence-corrected chi connectivity index (χ0v) is 14.6. The van der Waals surface area contributed by atoms with Gasteiger partial charge in [0.1, 0.15) is 5.82 Å². The van der Waals surface area contributed by atoms with Crippen molar-refractivity contribution in [2.45, 2.75) is 36.3 Å². The molecule has 128 valence electrons. The normalized spacial score (nSPS) is 22.1. The van der Waals surface area contributed by atoms with Gasteiger partial charge in [-0.2, -0.15) is 11.8 Å². The molecule has 24 heavy (non-hydrogen) atoms. The van der Waals surface area contributed by atoms with Crippen LogP contribution in [-0.2, 0) is 10.5 Å². The Morgan fingerprint density at radius 1 is 1.25 bits per heavy atom. The summed E-state index contributed by atoms with van der Waals surface area (Å²) in [5.41, 5.74) is 2.18. The van der Waals surface area contributed by atoms with Gasteiger partial charge in [0, 0.05) is 48.3 Å². The number of rotatable bonds is 5. The Morgan fingerprint density at radius 2 is 2.17 bits per heavy atom. The summed E-state index contributed by atoms with van der Waals surface area (Å²) in [5, 5.41) is 8.76. The van der Waals surface area contributed by atoms with Crippen LogP contribution in [0.2, 0.25) is 0 Å². The standard InChI is InChI=1S/C18H24N4OS/c1-2-14(21-15-3-6-19-11-15)9-17-13(1)10-20-18(22-17)12-24-16-4-7-23-8-5-16/h1-2,9-10,15-16,19,21H,3-8,11-12H2. The van der Waals surface area contributed by atoms with E-state index < -0.39 is 0 Å². The van der Waals surface area contributed by atoms with Gasteiger partial charge in [-0.1, -0.05) is 0 Å². The minimum atomic E-state index is 0.521. The zero-order valence-electron chi connectivity index (χ0n) is 13.8. The Hall–Kier alpha value is -1.37. The molecule has 1 atom stereocenters. The molecule has 0 saturated carbocycles. The molecule has 0 aliphatic carbocycles. The number of hydrogen-bond donors (Lipinski definition) is 2. The molecule has 6 heteroatoms. The first-order valence-corrected chi connectivity index (χ1v) is 9.84. The predicted octanol–water partition coefficient (Wildman–Crippen LogP) is 2.82. The van der Waals surface area contributed by atoms with Gasteiger partial charge >= 0.3 is 0 Å². The van der Waals surface area contributed by atoms with Crippen molar-refractivity contribution in [2.24, 2.45) is 0 Å². The highest BCUT2D eigenvalue weighted by atomic mass is 32.2. The summed E-state index contributed by atoms with van der Waals surface area (Å²) < 4.78 is 5.42. The van der Waals surface area contributed by atoms with Crippen LogP contribution in [0.15, 0.2) is 24.4 Å². The van der Waals surface area contributed by atoms with Crippen molar-refractivity contribution in [2.75, 3.05) is 31.6 Å². The topological polar surface area (TPSA) is 59.1 Å². The van der Waals surface area contributed by atoms with Crippen LogP contribution in [0.4, 0.5) is 5.69 Å². The number of fused-ring (bicyclic) bond motifs is 1. The van der Waals surface area contributed by atoms with Crippen molar-refractivity contribution in [1.29, 1.82) is 0 Å². The second-order valence-corrected chi connectivity index (χ2v) is 7.81. The predicted molar refractivity (Wildman–Crippen MR) is 99.6 cm³/mol. The SMILES string of the molecule is c1cc2cnc(CSC3CCOCC3)nc2cc1NC1CCNC1. The largest absolute Gasteiger partial charge is 0.381 e. The van der Waals surface area contributed by atoms with E-state index >= 15 is 0 Å². The Balaban J connectivity index is 1.44. The molecule has 3 heterocycles. The van der Waals surface area contributed by atoms with Gasteiger partial charge in [-0.25, -0.2) is 9.97 Å². The van der Waals surface area contributed by atoms with Gasteiger partial charge in [-0.05, 0) is 44.0 Å². The first-order chi connectivity index (χ1) is 11.9. The molecule has 0 bridgehead atoms. The second-order valence-electron chi connectivity index (χ2n) is 6.52. The second kappa shape index (κ2) is 7.68. The average Bonchev–Trinajstić information content (AvgIpc) is 3.13. The number of nitrogens with zero attached hydrogens (tertiary/aromatic N) is 2. The van der Waals surface area contributed by atoms with E-state index in [-0.39, 0.29) is 0 Å². The quantitative estimate of drug-likeness (QED) is 0.870. The summed E-state index contributed by atoms with van der Waals surface area (Å²) in [6, 6.07) is 6.90. The van der Waals surface area contributed by atoms with Crippen LogP contribution >= 0.6 is 11.8 Å². The third-order valence-corrected chi connectivity index (χ3v) is 6.05. The first-order valence-electron chi connectivity index (χ1n) is 8.79. The molecule has 0 radical (unpaired) electrons. The Morgan fingerprint density at radius 3 is 3.00 bits per heavy atom. The lowest BCUT2D eigenvalue weighted by molar-refractivity contribution is 0.1000. The Kier molecular flexibility index (Phi) is 5.16. The monoisotopic (exact) mass is 344 g/mol. The van der Waals surface area contributed by atoms with Gasteiger partial charge in [0.25, 0.3) is 0 Å². The summed E-state index contributed by atoms with van der Waals surface area (Å²) in [5.74, 6) is 1.81. The van der Waals surface area contributed by atoms with E-state index in [9.17, 15) is 0 Å². The molecule has 2 N–H and O–H groups in total. The zero-order chi connectivity index (χ0) is 16.2. The summed E-state index contributed by atoms with van der Waals surface area (Å²) in [4.78, 5) is 9.31. The molecule has 1 unspecified atom stereocenters. The van der Waals surface area contributed by atoms with Crippen molar-refractivity contribution < 1.29 is 4.74 Å². The number of nitrogens with one attached hydrogen (secondary N) is 2. The van der Waals surface area contributed by atoms with Crippen LogP contribution in [0.3, 0.4) is 0 Å². The molecule has 2 aliphatic rings. The van der Waals surface area contributed by atoms with E-state index in [0.717, 1.165) is 67.3 Å². The molecular formula is C18H24N4OS. The molecule has 0 spiro atoms. The van der Waals surface area contributed by atoms with Gasteiger partial charge in [-0.3, -0.25) is 0 Å². The van der Waals surface area contributed by atoms with Crippen LogP contribution in [0, 0.1) is 0 Å². The average molecular weight is 344 g/mol. The molecule has 2 saturated heterocycles. The van der Waals surface area contributed by atoms with E-state index in [2.05, 4.69) is 33.8 Å². The molecule has 0 amide bonds. The van der Waals surface area contributed by atoms with E-state index in [0.29, 0.717) is 11.3 Å². The maximum absolute atomic E-state index is 5.42. The van der Waals surface area contributed by atoms with E-state index in [1.165, 1.54) is 6.42 Å². The van der Waals surface area contributed by atoms with E-state index in [1.807, 2.05) is 18.0 Å². The molecule has 5 nitrogen and oxygen atoms in total. The van der Waals surface area contributed by atoms with Crippen molar-refractivity contribution in [3.8, 4) is 0 Å². The third-order valence-electron chi connectivity index (χ3n) is 4.68. The summed E-state index contributed by atoms with van der Waals surface area (Å²) in [6.45, 7) is 3.92. The lowest BCUT2D eigenvalue weighted by atomic mass is 10.2. The first kappa shape index (κ1) is 16.1. The van der Waals surface area contributed by atoms with Crippen molar-refractivity contribution in [3.63, 3.8) is 0 Å². The van der Waals surface area contributed by atoms with Gasteiger partial charge in [-0.15, -0.1) is 0 Å². The van der Waals surface area contributed by atoms with Gasteiger partial charge in [0.15, 0.2) is 0 Å². The number of anilines is 1. The highest BCUT2D eigenvalue weighted by Gasteiger charge is 2.16. The van der Waals surface area contributed by atoms with Crippen molar-refractivity contribution >= 4 is 28.4 Å². The molecule has 4 rings (SSSR count). The molecule has 2 aromatic rings. The number of benzene rings is 1. The van der Waals surface area contributed by atoms with Crippen LogP contribution in [0.5, 0.6) is 0 Å². The smallest absolute Gasteiger partial charge is 0.138 e. The van der Waals surface area contributed by atoms with Crippen molar-refractivity contribution in [3.05, 3.63) is 30.2 Å². The number of ether oxygens (including phenoxy) is 1. The lowest BCUT2D eigenvalue weighted by Crippen LogP contribution is -2.21. The molecule has 2 aliphatic heterocycles. The van der Waals surface area contributed by atoms with Gasteiger partial charge < -0.3 is 15.4 Å².